The number of oxazole rings is 1. The molecule has 4 aromatic rings. The average molecular weight is 388 g/mol. The van der Waals surface area contributed by atoms with Crippen LogP contribution in [0.15, 0.2) is 71.1 Å². The van der Waals surface area contributed by atoms with E-state index in [-0.39, 0.29) is 12.5 Å². The van der Waals surface area contributed by atoms with Crippen molar-refractivity contribution < 1.29 is 18.7 Å². The topological polar surface area (TPSA) is 73.6 Å². The van der Waals surface area contributed by atoms with Crippen LogP contribution in [0.25, 0.3) is 22.6 Å². The maximum atomic E-state index is 12.2. The second-order valence-electron chi connectivity index (χ2n) is 6.58. The third kappa shape index (κ3) is 4.38. The maximum absolute atomic E-state index is 12.2. The van der Waals surface area contributed by atoms with E-state index in [0.717, 1.165) is 16.9 Å². The maximum Gasteiger partial charge on any atom is 0.262 e. The van der Waals surface area contributed by atoms with Gasteiger partial charge in [0.1, 0.15) is 17.0 Å². The number of rotatable bonds is 6. The fraction of sp³-hybridized carbons (Fsp3) is 0.130. The summed E-state index contributed by atoms with van der Waals surface area (Å²) in [7, 11) is 1.62. The minimum Gasteiger partial charge on any atom is -0.497 e. The highest BCUT2D eigenvalue weighted by atomic mass is 16.5. The van der Waals surface area contributed by atoms with Gasteiger partial charge < -0.3 is 19.2 Å². The van der Waals surface area contributed by atoms with E-state index in [1.54, 1.807) is 25.3 Å². The Morgan fingerprint density at radius 1 is 1.00 bits per heavy atom. The molecule has 1 N–H and O–H groups in total. The molecular formula is C23H20N2O4. The summed E-state index contributed by atoms with van der Waals surface area (Å²) < 4.78 is 16.5. The van der Waals surface area contributed by atoms with Gasteiger partial charge >= 0.3 is 0 Å². The van der Waals surface area contributed by atoms with Crippen molar-refractivity contribution in [1.29, 1.82) is 0 Å². The minimum absolute atomic E-state index is 0.0724. The molecule has 146 valence electrons. The average Bonchev–Trinajstić information content (AvgIpc) is 3.17. The van der Waals surface area contributed by atoms with E-state index in [9.17, 15) is 4.79 Å². The highest BCUT2D eigenvalue weighted by molar-refractivity contribution is 5.94. The largest absolute Gasteiger partial charge is 0.497 e. The zero-order valence-electron chi connectivity index (χ0n) is 16.1. The number of ether oxygens (including phenoxy) is 2. The van der Waals surface area contributed by atoms with Crippen LogP contribution in [-0.4, -0.2) is 24.6 Å². The second kappa shape index (κ2) is 8.06. The van der Waals surface area contributed by atoms with Crippen LogP contribution >= 0.6 is 0 Å². The van der Waals surface area contributed by atoms with Gasteiger partial charge in [-0.15, -0.1) is 0 Å². The lowest BCUT2D eigenvalue weighted by atomic mass is 10.2. The fourth-order valence-electron chi connectivity index (χ4n) is 2.84. The van der Waals surface area contributed by atoms with Gasteiger partial charge in [0.05, 0.1) is 7.11 Å². The molecule has 1 aromatic heterocycles. The summed E-state index contributed by atoms with van der Waals surface area (Å²) in [6, 6.07) is 20.3. The highest BCUT2D eigenvalue weighted by Crippen LogP contribution is 2.27. The SMILES string of the molecule is COc1ccc(-c2nc3cc(NC(=O)COc4ccc(C)cc4)ccc3o2)cc1. The quantitative estimate of drug-likeness (QED) is 0.512. The Bertz CT molecular complexity index is 1130. The molecule has 0 saturated carbocycles. The third-order valence-corrected chi connectivity index (χ3v) is 4.40. The predicted molar refractivity (Wildman–Crippen MR) is 111 cm³/mol. The van der Waals surface area contributed by atoms with Crippen molar-refractivity contribution in [2.75, 3.05) is 19.0 Å². The number of carbonyl (C=O) groups excluding carboxylic acids is 1. The van der Waals surface area contributed by atoms with Gasteiger partial charge in [-0.2, -0.15) is 0 Å². The van der Waals surface area contributed by atoms with E-state index in [1.165, 1.54) is 0 Å². The van der Waals surface area contributed by atoms with Crippen molar-refractivity contribution in [3.05, 3.63) is 72.3 Å². The van der Waals surface area contributed by atoms with Crippen molar-refractivity contribution in [2.24, 2.45) is 0 Å². The first-order chi connectivity index (χ1) is 14.1. The number of carbonyl (C=O) groups is 1. The number of hydrogen-bond acceptors (Lipinski definition) is 5. The zero-order chi connectivity index (χ0) is 20.2. The Kier molecular flexibility index (Phi) is 5.16. The van der Waals surface area contributed by atoms with Crippen LogP contribution in [-0.2, 0) is 4.79 Å². The molecule has 0 aliphatic carbocycles. The first kappa shape index (κ1) is 18.6. The van der Waals surface area contributed by atoms with Crippen LogP contribution in [0.4, 0.5) is 5.69 Å². The molecule has 0 aliphatic rings. The Hall–Kier alpha value is -3.80. The van der Waals surface area contributed by atoms with E-state index in [2.05, 4.69) is 10.3 Å². The lowest BCUT2D eigenvalue weighted by Crippen LogP contribution is -2.20. The highest BCUT2D eigenvalue weighted by Gasteiger charge is 2.10. The van der Waals surface area contributed by atoms with Crippen molar-refractivity contribution in [3.63, 3.8) is 0 Å². The fourth-order valence-corrected chi connectivity index (χ4v) is 2.84. The summed E-state index contributed by atoms with van der Waals surface area (Å²) in [6.45, 7) is 1.92. The molecule has 0 bridgehead atoms. The van der Waals surface area contributed by atoms with E-state index in [4.69, 9.17) is 13.9 Å². The molecular weight excluding hydrogens is 368 g/mol. The number of aryl methyl sites for hydroxylation is 1. The number of amides is 1. The van der Waals surface area contributed by atoms with Crippen LogP contribution < -0.4 is 14.8 Å². The number of nitrogens with zero attached hydrogens (tertiary/aromatic N) is 1. The Morgan fingerprint density at radius 2 is 1.72 bits per heavy atom. The van der Waals surface area contributed by atoms with Gasteiger partial charge in [0.2, 0.25) is 5.89 Å². The molecule has 0 fully saturated rings. The van der Waals surface area contributed by atoms with Gasteiger partial charge in [-0.05, 0) is 61.5 Å². The molecule has 29 heavy (non-hydrogen) atoms. The van der Waals surface area contributed by atoms with E-state index < -0.39 is 0 Å². The lowest BCUT2D eigenvalue weighted by molar-refractivity contribution is -0.118. The zero-order valence-corrected chi connectivity index (χ0v) is 16.1. The molecule has 0 atom stereocenters. The molecule has 0 saturated heterocycles. The van der Waals surface area contributed by atoms with Gasteiger partial charge in [-0.3, -0.25) is 4.79 Å². The summed E-state index contributed by atoms with van der Waals surface area (Å²) >= 11 is 0. The first-order valence-corrected chi connectivity index (χ1v) is 9.15. The Labute approximate surface area is 168 Å². The molecule has 6 nitrogen and oxygen atoms in total. The molecule has 1 heterocycles. The smallest absolute Gasteiger partial charge is 0.262 e. The van der Waals surface area contributed by atoms with Gasteiger partial charge in [-0.1, -0.05) is 17.7 Å². The van der Waals surface area contributed by atoms with Crippen molar-refractivity contribution in [2.45, 2.75) is 6.92 Å². The number of nitrogens with one attached hydrogen (secondary N) is 1. The lowest BCUT2D eigenvalue weighted by Gasteiger charge is -2.07. The molecule has 6 heteroatoms. The summed E-state index contributed by atoms with van der Waals surface area (Å²) in [5.41, 5.74) is 3.91. The number of aromatic nitrogens is 1. The van der Waals surface area contributed by atoms with Crippen molar-refractivity contribution in [3.8, 4) is 23.0 Å². The monoisotopic (exact) mass is 388 g/mol. The van der Waals surface area contributed by atoms with Crippen LogP contribution in [0.2, 0.25) is 0 Å². The van der Waals surface area contributed by atoms with Gasteiger partial charge in [0.25, 0.3) is 5.91 Å². The summed E-state index contributed by atoms with van der Waals surface area (Å²) in [4.78, 5) is 16.7. The summed E-state index contributed by atoms with van der Waals surface area (Å²) in [6.07, 6.45) is 0. The molecule has 1 amide bonds. The summed E-state index contributed by atoms with van der Waals surface area (Å²) in [5, 5.41) is 2.82. The number of benzene rings is 3. The Morgan fingerprint density at radius 3 is 2.45 bits per heavy atom. The summed E-state index contributed by atoms with van der Waals surface area (Å²) in [5.74, 6) is 1.68. The standard InChI is InChI=1S/C23H20N2O4/c1-15-3-8-19(9-4-15)28-14-22(26)24-17-7-12-21-20(13-17)25-23(29-21)16-5-10-18(27-2)11-6-16/h3-13H,14H2,1-2H3,(H,24,26). The Balaban J connectivity index is 1.44. The van der Waals surface area contributed by atoms with Crippen LogP contribution in [0.3, 0.4) is 0 Å². The van der Waals surface area contributed by atoms with E-state index in [1.807, 2.05) is 55.5 Å². The van der Waals surface area contributed by atoms with Gasteiger partial charge in [0.15, 0.2) is 12.2 Å². The normalized spacial score (nSPS) is 10.7. The van der Waals surface area contributed by atoms with Crippen LogP contribution in [0.5, 0.6) is 11.5 Å². The molecule has 0 aliphatic heterocycles. The van der Waals surface area contributed by atoms with Crippen LogP contribution in [0, 0.1) is 6.92 Å². The molecule has 3 aromatic carbocycles. The van der Waals surface area contributed by atoms with Gasteiger partial charge in [0, 0.05) is 11.3 Å². The second-order valence-corrected chi connectivity index (χ2v) is 6.58. The third-order valence-electron chi connectivity index (χ3n) is 4.40. The number of hydrogen-bond donors (Lipinski definition) is 1. The van der Waals surface area contributed by atoms with Crippen LogP contribution in [0.1, 0.15) is 5.56 Å². The first-order valence-electron chi connectivity index (χ1n) is 9.15. The van der Waals surface area contributed by atoms with Gasteiger partial charge in [-0.25, -0.2) is 4.98 Å². The van der Waals surface area contributed by atoms with E-state index >= 15 is 0 Å². The number of anilines is 1. The van der Waals surface area contributed by atoms with E-state index in [0.29, 0.717) is 28.4 Å². The minimum atomic E-state index is -0.246. The molecule has 0 unspecified atom stereocenters. The number of methoxy groups -OCH3 is 1. The number of fused-ring (bicyclic) bond motifs is 1. The van der Waals surface area contributed by atoms with Crippen molar-refractivity contribution >= 4 is 22.7 Å². The predicted octanol–water partition coefficient (Wildman–Crippen LogP) is 4.83. The van der Waals surface area contributed by atoms with Crippen molar-refractivity contribution in [1.82, 2.24) is 4.98 Å². The molecule has 4 rings (SSSR count). The molecule has 0 spiro atoms. The molecule has 0 radical (unpaired) electrons.